The zero-order chi connectivity index (χ0) is 9.97. The Bertz CT molecular complexity index is 297. The Balaban J connectivity index is 2.00. The third-order valence-corrected chi connectivity index (χ3v) is 3.31. The van der Waals surface area contributed by atoms with Crippen LogP contribution in [0.25, 0.3) is 0 Å². The Hall–Kier alpha value is -0.410. The van der Waals surface area contributed by atoms with Gasteiger partial charge in [0, 0.05) is 23.3 Å². The van der Waals surface area contributed by atoms with E-state index in [4.69, 9.17) is 0 Å². The van der Waals surface area contributed by atoms with Gasteiger partial charge in [-0.05, 0) is 54.4 Å². The molecule has 1 aromatic rings. The molecule has 76 valence electrons. The van der Waals surface area contributed by atoms with Gasteiger partial charge >= 0.3 is 0 Å². The van der Waals surface area contributed by atoms with E-state index < -0.39 is 0 Å². The highest BCUT2D eigenvalue weighted by Gasteiger charge is 2.20. The molecule has 1 unspecified atom stereocenters. The van der Waals surface area contributed by atoms with Gasteiger partial charge in [-0.2, -0.15) is 0 Å². The highest BCUT2D eigenvalue weighted by atomic mass is 79.9. The number of aromatic nitrogens is 1. The third kappa shape index (κ3) is 2.34. The molecular weight excluding hydrogens is 240 g/mol. The minimum absolute atomic E-state index is 0.723. The number of likely N-dealkylation sites (tertiary alicyclic amines) is 1. The molecule has 1 atom stereocenters. The van der Waals surface area contributed by atoms with Crippen LogP contribution in [0.5, 0.6) is 0 Å². The standard InChI is InChI=1S/C11H15BrN2/c1-9-3-2-6-14(9)8-11-5-4-10(12)7-13-11/h4-5,7,9H,2-3,6,8H2,1H3. The van der Waals surface area contributed by atoms with E-state index >= 15 is 0 Å². The number of hydrogen-bond acceptors (Lipinski definition) is 2. The molecule has 14 heavy (non-hydrogen) atoms. The normalized spacial score (nSPS) is 22.9. The Morgan fingerprint density at radius 2 is 2.43 bits per heavy atom. The van der Waals surface area contributed by atoms with Crippen molar-refractivity contribution in [1.82, 2.24) is 9.88 Å². The molecule has 0 amide bonds. The van der Waals surface area contributed by atoms with E-state index in [0.29, 0.717) is 0 Å². The number of halogens is 1. The molecule has 0 spiro atoms. The largest absolute Gasteiger partial charge is 0.295 e. The molecule has 1 fully saturated rings. The van der Waals surface area contributed by atoms with Crippen molar-refractivity contribution in [3.05, 3.63) is 28.5 Å². The first-order valence-electron chi connectivity index (χ1n) is 5.10. The summed E-state index contributed by atoms with van der Waals surface area (Å²) in [5.74, 6) is 0. The molecule has 1 aliphatic rings. The van der Waals surface area contributed by atoms with E-state index in [9.17, 15) is 0 Å². The van der Waals surface area contributed by atoms with E-state index in [0.717, 1.165) is 17.1 Å². The molecular formula is C11H15BrN2. The molecule has 0 N–H and O–H groups in total. The minimum Gasteiger partial charge on any atom is -0.295 e. The summed E-state index contributed by atoms with van der Waals surface area (Å²) in [7, 11) is 0. The Morgan fingerprint density at radius 1 is 1.57 bits per heavy atom. The highest BCUT2D eigenvalue weighted by molar-refractivity contribution is 9.10. The van der Waals surface area contributed by atoms with Crippen molar-refractivity contribution >= 4 is 15.9 Å². The average Bonchev–Trinajstić information content (AvgIpc) is 2.56. The lowest BCUT2D eigenvalue weighted by molar-refractivity contribution is 0.257. The van der Waals surface area contributed by atoms with Crippen molar-refractivity contribution in [2.45, 2.75) is 32.4 Å². The minimum atomic E-state index is 0.723. The topological polar surface area (TPSA) is 16.1 Å². The van der Waals surface area contributed by atoms with Crippen LogP contribution >= 0.6 is 15.9 Å². The molecule has 0 bridgehead atoms. The number of rotatable bonds is 2. The summed E-state index contributed by atoms with van der Waals surface area (Å²) in [5.41, 5.74) is 1.17. The van der Waals surface area contributed by atoms with E-state index in [1.165, 1.54) is 25.1 Å². The van der Waals surface area contributed by atoms with Gasteiger partial charge in [0.05, 0.1) is 5.69 Å². The second-order valence-electron chi connectivity index (χ2n) is 3.93. The SMILES string of the molecule is CC1CCCN1Cc1ccc(Br)cn1. The van der Waals surface area contributed by atoms with Crippen LogP contribution in [-0.2, 0) is 6.54 Å². The first-order chi connectivity index (χ1) is 6.75. The second kappa shape index (κ2) is 4.41. The first-order valence-corrected chi connectivity index (χ1v) is 5.89. The summed E-state index contributed by atoms with van der Waals surface area (Å²) in [6.07, 6.45) is 4.53. The maximum Gasteiger partial charge on any atom is 0.0544 e. The molecule has 0 radical (unpaired) electrons. The monoisotopic (exact) mass is 254 g/mol. The molecule has 0 aromatic carbocycles. The van der Waals surface area contributed by atoms with E-state index in [2.05, 4.69) is 44.9 Å². The zero-order valence-corrected chi connectivity index (χ0v) is 10.00. The lowest BCUT2D eigenvalue weighted by Gasteiger charge is -2.20. The Morgan fingerprint density at radius 3 is 3.00 bits per heavy atom. The van der Waals surface area contributed by atoms with Crippen LogP contribution in [0.2, 0.25) is 0 Å². The summed E-state index contributed by atoms with van der Waals surface area (Å²) in [4.78, 5) is 6.88. The third-order valence-electron chi connectivity index (χ3n) is 2.84. The second-order valence-corrected chi connectivity index (χ2v) is 4.85. The first kappa shape index (κ1) is 10.1. The van der Waals surface area contributed by atoms with E-state index in [-0.39, 0.29) is 0 Å². The van der Waals surface area contributed by atoms with Gasteiger partial charge in [0.25, 0.3) is 0 Å². The molecule has 2 heterocycles. The predicted molar refractivity (Wildman–Crippen MR) is 61.0 cm³/mol. The molecule has 1 saturated heterocycles. The van der Waals surface area contributed by atoms with E-state index in [1.807, 2.05) is 6.20 Å². The molecule has 0 aliphatic carbocycles. The van der Waals surface area contributed by atoms with Crippen molar-refractivity contribution < 1.29 is 0 Å². The molecule has 2 nitrogen and oxygen atoms in total. The van der Waals surface area contributed by atoms with Crippen molar-refractivity contribution in [2.24, 2.45) is 0 Å². The Kier molecular flexibility index (Phi) is 3.19. The zero-order valence-electron chi connectivity index (χ0n) is 8.41. The lowest BCUT2D eigenvalue weighted by atomic mass is 10.2. The van der Waals surface area contributed by atoms with Crippen molar-refractivity contribution in [3.63, 3.8) is 0 Å². The quantitative estimate of drug-likeness (QED) is 0.807. The summed E-state index contributed by atoms with van der Waals surface area (Å²) in [6.45, 7) is 4.51. The van der Waals surface area contributed by atoms with Crippen LogP contribution in [-0.4, -0.2) is 22.5 Å². The van der Waals surface area contributed by atoms with E-state index in [1.54, 1.807) is 0 Å². The molecule has 0 saturated carbocycles. The smallest absolute Gasteiger partial charge is 0.0544 e. The van der Waals surface area contributed by atoms with Crippen LogP contribution in [0, 0.1) is 0 Å². The lowest BCUT2D eigenvalue weighted by Crippen LogP contribution is -2.26. The summed E-state index contributed by atoms with van der Waals surface area (Å²) in [6, 6.07) is 4.87. The fourth-order valence-corrected chi connectivity index (χ4v) is 2.17. The van der Waals surface area contributed by atoms with Crippen LogP contribution in [0.1, 0.15) is 25.5 Å². The van der Waals surface area contributed by atoms with Gasteiger partial charge in [0.15, 0.2) is 0 Å². The fourth-order valence-electron chi connectivity index (χ4n) is 1.94. The maximum absolute atomic E-state index is 4.39. The van der Waals surface area contributed by atoms with Gasteiger partial charge in [-0.25, -0.2) is 0 Å². The van der Waals surface area contributed by atoms with Crippen LogP contribution in [0.15, 0.2) is 22.8 Å². The summed E-state index contributed by atoms with van der Waals surface area (Å²) in [5, 5.41) is 0. The average molecular weight is 255 g/mol. The van der Waals surface area contributed by atoms with Gasteiger partial charge in [-0.1, -0.05) is 0 Å². The number of hydrogen-bond donors (Lipinski definition) is 0. The van der Waals surface area contributed by atoms with Gasteiger partial charge in [0.1, 0.15) is 0 Å². The van der Waals surface area contributed by atoms with Crippen molar-refractivity contribution in [3.8, 4) is 0 Å². The maximum atomic E-state index is 4.39. The van der Waals surface area contributed by atoms with Crippen molar-refractivity contribution in [1.29, 1.82) is 0 Å². The molecule has 2 rings (SSSR count). The molecule has 3 heteroatoms. The number of nitrogens with zero attached hydrogens (tertiary/aromatic N) is 2. The van der Waals surface area contributed by atoms with Gasteiger partial charge in [-0.15, -0.1) is 0 Å². The van der Waals surface area contributed by atoms with Gasteiger partial charge in [-0.3, -0.25) is 9.88 Å². The predicted octanol–water partition coefficient (Wildman–Crippen LogP) is 2.83. The molecule has 1 aromatic heterocycles. The summed E-state index contributed by atoms with van der Waals surface area (Å²) < 4.78 is 1.05. The highest BCUT2D eigenvalue weighted by Crippen LogP contribution is 2.19. The fraction of sp³-hybridized carbons (Fsp3) is 0.545. The van der Waals surface area contributed by atoms with Gasteiger partial charge in [0.2, 0.25) is 0 Å². The number of pyridine rings is 1. The van der Waals surface area contributed by atoms with Crippen LogP contribution in [0.4, 0.5) is 0 Å². The summed E-state index contributed by atoms with van der Waals surface area (Å²) >= 11 is 3.39. The van der Waals surface area contributed by atoms with Crippen molar-refractivity contribution in [2.75, 3.05) is 6.54 Å². The van der Waals surface area contributed by atoms with Gasteiger partial charge < -0.3 is 0 Å². The van der Waals surface area contributed by atoms with Crippen LogP contribution < -0.4 is 0 Å². The van der Waals surface area contributed by atoms with Crippen LogP contribution in [0.3, 0.4) is 0 Å². The Labute approximate surface area is 93.5 Å². The molecule has 1 aliphatic heterocycles.